The first-order valence-corrected chi connectivity index (χ1v) is 7.29. The van der Waals surface area contributed by atoms with Crippen LogP contribution in [0, 0.1) is 5.41 Å². The lowest BCUT2D eigenvalue weighted by Gasteiger charge is -2.09. The van der Waals surface area contributed by atoms with E-state index < -0.39 is 5.97 Å². The Hall–Kier alpha value is -0.550. The molecule has 5 heteroatoms. The van der Waals surface area contributed by atoms with Crippen molar-refractivity contribution in [2.45, 2.75) is 36.9 Å². The lowest BCUT2D eigenvalue weighted by Crippen LogP contribution is -2.10. The number of carbonyl (C=O) groups is 1. The molecule has 0 aromatic carbocycles. The van der Waals surface area contributed by atoms with Crippen molar-refractivity contribution in [2.24, 2.45) is 5.41 Å². The number of carboxylic acid groups (broad SMARTS) is 1. The van der Waals surface area contributed by atoms with Gasteiger partial charge in [-0.05, 0) is 24.7 Å². The summed E-state index contributed by atoms with van der Waals surface area (Å²) in [6, 6.07) is 0. The predicted molar refractivity (Wildman–Crippen MR) is 66.1 cm³/mol. The number of aromatic nitrogens is 1. The highest BCUT2D eigenvalue weighted by molar-refractivity contribution is 8.01. The molecule has 1 saturated carbocycles. The summed E-state index contributed by atoms with van der Waals surface area (Å²) in [7, 11) is 0. The molecule has 0 atom stereocenters. The summed E-state index contributed by atoms with van der Waals surface area (Å²) in [5.41, 5.74) is 1.20. The zero-order valence-corrected chi connectivity index (χ0v) is 10.9. The van der Waals surface area contributed by atoms with Crippen LogP contribution < -0.4 is 0 Å². The Balaban J connectivity index is 1.85. The molecule has 0 bridgehead atoms. The molecule has 1 aliphatic carbocycles. The van der Waals surface area contributed by atoms with Crippen LogP contribution in [0.4, 0.5) is 0 Å². The van der Waals surface area contributed by atoms with E-state index in [0.717, 1.165) is 35.0 Å². The number of hydrogen-bond donors (Lipinski definition) is 1. The SMILES string of the molecule is CCc1csc(SCC2(CC(=O)O)CC2)n1. The number of thioether (sulfide) groups is 1. The number of thiazole rings is 1. The number of hydrogen-bond acceptors (Lipinski definition) is 4. The molecule has 0 unspecified atom stereocenters. The van der Waals surface area contributed by atoms with Crippen LogP contribution in [0.3, 0.4) is 0 Å². The average Bonchev–Trinajstić information content (AvgIpc) is 2.83. The molecule has 1 aromatic rings. The fraction of sp³-hybridized carbons (Fsp3) is 0.636. The maximum atomic E-state index is 10.7. The van der Waals surface area contributed by atoms with Crippen molar-refractivity contribution in [1.29, 1.82) is 0 Å². The summed E-state index contributed by atoms with van der Waals surface area (Å²) < 4.78 is 1.08. The summed E-state index contributed by atoms with van der Waals surface area (Å²) in [5.74, 6) is 0.224. The number of aryl methyl sites for hydroxylation is 1. The first-order chi connectivity index (χ1) is 7.63. The van der Waals surface area contributed by atoms with Gasteiger partial charge in [0.05, 0.1) is 12.1 Å². The Labute approximate surface area is 103 Å². The summed E-state index contributed by atoms with van der Waals surface area (Å²) in [6.07, 6.45) is 3.39. The monoisotopic (exact) mass is 257 g/mol. The van der Waals surface area contributed by atoms with Crippen LogP contribution in [0.15, 0.2) is 9.72 Å². The minimum absolute atomic E-state index is 0.0640. The van der Waals surface area contributed by atoms with Gasteiger partial charge in [-0.2, -0.15) is 0 Å². The predicted octanol–water partition coefficient (Wildman–Crippen LogP) is 3.05. The maximum Gasteiger partial charge on any atom is 0.303 e. The van der Waals surface area contributed by atoms with E-state index >= 15 is 0 Å². The van der Waals surface area contributed by atoms with Crippen LogP contribution in [0.1, 0.15) is 31.9 Å². The van der Waals surface area contributed by atoms with Gasteiger partial charge < -0.3 is 5.11 Å². The molecule has 0 saturated heterocycles. The third kappa shape index (κ3) is 2.98. The normalized spacial score (nSPS) is 17.3. The molecule has 0 radical (unpaired) electrons. The van der Waals surface area contributed by atoms with Gasteiger partial charge in [0.25, 0.3) is 0 Å². The molecule has 0 spiro atoms. The molecule has 1 aromatic heterocycles. The van der Waals surface area contributed by atoms with Crippen LogP contribution in [0.25, 0.3) is 0 Å². The summed E-state index contributed by atoms with van der Waals surface area (Å²) in [4.78, 5) is 15.2. The molecule has 1 N–H and O–H groups in total. The molecule has 0 aliphatic heterocycles. The smallest absolute Gasteiger partial charge is 0.303 e. The van der Waals surface area contributed by atoms with E-state index in [1.54, 1.807) is 23.1 Å². The molecular weight excluding hydrogens is 242 g/mol. The minimum atomic E-state index is -0.675. The lowest BCUT2D eigenvalue weighted by molar-refractivity contribution is -0.138. The first kappa shape index (κ1) is 11.9. The van der Waals surface area contributed by atoms with E-state index in [0.29, 0.717) is 6.42 Å². The van der Waals surface area contributed by atoms with Gasteiger partial charge in [0.1, 0.15) is 4.34 Å². The van der Waals surface area contributed by atoms with E-state index in [2.05, 4.69) is 17.3 Å². The molecular formula is C11H15NO2S2. The zero-order valence-electron chi connectivity index (χ0n) is 9.23. The number of rotatable bonds is 6. The van der Waals surface area contributed by atoms with Crippen LogP contribution in [-0.2, 0) is 11.2 Å². The fourth-order valence-corrected chi connectivity index (χ4v) is 3.82. The van der Waals surface area contributed by atoms with E-state index in [4.69, 9.17) is 5.11 Å². The van der Waals surface area contributed by atoms with Crippen molar-refractivity contribution < 1.29 is 9.90 Å². The third-order valence-electron chi connectivity index (χ3n) is 2.88. The van der Waals surface area contributed by atoms with Crippen LogP contribution in [0.5, 0.6) is 0 Å². The van der Waals surface area contributed by atoms with Gasteiger partial charge in [-0.3, -0.25) is 4.79 Å². The van der Waals surface area contributed by atoms with Crippen LogP contribution in [0.2, 0.25) is 0 Å². The average molecular weight is 257 g/mol. The van der Waals surface area contributed by atoms with Gasteiger partial charge >= 0.3 is 5.97 Å². The van der Waals surface area contributed by atoms with Crippen molar-refractivity contribution in [3.05, 3.63) is 11.1 Å². The highest BCUT2D eigenvalue weighted by atomic mass is 32.2. The van der Waals surface area contributed by atoms with E-state index in [1.165, 1.54) is 0 Å². The van der Waals surface area contributed by atoms with Gasteiger partial charge in [0.15, 0.2) is 0 Å². The van der Waals surface area contributed by atoms with E-state index in [9.17, 15) is 4.79 Å². The van der Waals surface area contributed by atoms with Crippen molar-refractivity contribution in [3.63, 3.8) is 0 Å². The molecule has 3 nitrogen and oxygen atoms in total. The van der Waals surface area contributed by atoms with Crippen molar-refractivity contribution in [3.8, 4) is 0 Å². The van der Waals surface area contributed by atoms with Crippen LogP contribution >= 0.6 is 23.1 Å². The van der Waals surface area contributed by atoms with Gasteiger partial charge in [-0.1, -0.05) is 18.7 Å². The number of carboxylic acids is 1. The second-order valence-corrected chi connectivity index (χ2v) is 6.40. The Morgan fingerprint density at radius 1 is 1.69 bits per heavy atom. The molecule has 88 valence electrons. The van der Waals surface area contributed by atoms with Crippen molar-refractivity contribution >= 4 is 29.1 Å². The Morgan fingerprint density at radius 3 is 2.94 bits per heavy atom. The highest BCUT2D eigenvalue weighted by Gasteiger charge is 2.44. The zero-order chi connectivity index (χ0) is 11.6. The number of aliphatic carboxylic acids is 1. The molecule has 2 rings (SSSR count). The Morgan fingerprint density at radius 2 is 2.44 bits per heavy atom. The Kier molecular flexibility index (Phi) is 3.54. The van der Waals surface area contributed by atoms with Gasteiger partial charge in [0.2, 0.25) is 0 Å². The molecule has 0 amide bonds. The lowest BCUT2D eigenvalue weighted by atomic mass is 10.1. The Bertz CT molecular complexity index is 385. The molecule has 1 fully saturated rings. The van der Waals surface area contributed by atoms with E-state index in [-0.39, 0.29) is 5.41 Å². The van der Waals surface area contributed by atoms with Crippen molar-refractivity contribution in [1.82, 2.24) is 4.98 Å². The van der Waals surface area contributed by atoms with E-state index in [1.807, 2.05) is 0 Å². The fourth-order valence-electron chi connectivity index (χ4n) is 1.60. The quantitative estimate of drug-likeness (QED) is 0.796. The summed E-state index contributed by atoms with van der Waals surface area (Å²) >= 11 is 3.38. The van der Waals surface area contributed by atoms with Crippen molar-refractivity contribution in [2.75, 3.05) is 5.75 Å². The second kappa shape index (κ2) is 4.75. The maximum absolute atomic E-state index is 10.7. The highest BCUT2D eigenvalue weighted by Crippen LogP contribution is 2.52. The molecule has 16 heavy (non-hydrogen) atoms. The second-order valence-electron chi connectivity index (χ2n) is 4.32. The summed E-state index contributed by atoms with van der Waals surface area (Å²) in [5, 5.41) is 10.9. The first-order valence-electron chi connectivity index (χ1n) is 5.42. The number of nitrogens with zero attached hydrogens (tertiary/aromatic N) is 1. The minimum Gasteiger partial charge on any atom is -0.481 e. The van der Waals surface area contributed by atoms with Gasteiger partial charge in [-0.25, -0.2) is 4.98 Å². The summed E-state index contributed by atoms with van der Waals surface area (Å²) in [6.45, 7) is 2.09. The van der Waals surface area contributed by atoms with Gasteiger partial charge in [-0.15, -0.1) is 11.3 Å². The third-order valence-corrected chi connectivity index (χ3v) is 5.30. The molecule has 1 heterocycles. The topological polar surface area (TPSA) is 50.2 Å². The standard InChI is InChI=1S/C11H15NO2S2/c1-2-8-6-15-10(12-8)16-7-11(3-4-11)5-9(13)14/h6H,2-5,7H2,1H3,(H,13,14). The molecule has 1 aliphatic rings. The van der Waals surface area contributed by atoms with Crippen LogP contribution in [-0.4, -0.2) is 21.8 Å². The largest absolute Gasteiger partial charge is 0.481 e. The van der Waals surface area contributed by atoms with Gasteiger partial charge in [0, 0.05) is 11.1 Å².